The Morgan fingerprint density at radius 2 is 1.70 bits per heavy atom. The van der Waals surface area contributed by atoms with Crippen LogP contribution in [0.2, 0.25) is 0 Å². The lowest BCUT2D eigenvalue weighted by Gasteiger charge is -2.13. The Kier molecular flexibility index (Phi) is 5.51. The first-order valence-electron chi connectivity index (χ1n) is 5.77. The zero-order valence-electron chi connectivity index (χ0n) is 10.5. The number of benzene rings is 1. The molecule has 110 valence electrons. The van der Waals surface area contributed by atoms with Crippen molar-refractivity contribution in [2.24, 2.45) is 5.73 Å². The molecule has 0 unspecified atom stereocenters. The molecule has 20 heavy (non-hydrogen) atoms. The average molecular weight is 289 g/mol. The molecule has 0 saturated heterocycles. The fraction of sp³-hybridized carbons (Fsp3) is 0.333. The minimum absolute atomic E-state index is 0.111. The van der Waals surface area contributed by atoms with Crippen molar-refractivity contribution in [2.45, 2.75) is 12.7 Å². The Bertz CT molecular complexity index is 489. The van der Waals surface area contributed by atoms with E-state index in [2.05, 4.69) is 10.6 Å². The van der Waals surface area contributed by atoms with Crippen LogP contribution >= 0.6 is 0 Å². The van der Waals surface area contributed by atoms with Gasteiger partial charge in [0, 0.05) is 19.6 Å². The molecule has 0 aliphatic carbocycles. The Balaban J connectivity index is 2.67. The number of carbonyl (C=O) groups excluding carboxylic acids is 2. The molecule has 0 aliphatic rings. The van der Waals surface area contributed by atoms with Crippen LogP contribution in [-0.2, 0) is 22.3 Å². The van der Waals surface area contributed by atoms with Gasteiger partial charge in [0.15, 0.2) is 0 Å². The second kappa shape index (κ2) is 6.90. The number of alkyl halides is 3. The van der Waals surface area contributed by atoms with E-state index in [-0.39, 0.29) is 25.2 Å². The normalized spacial score (nSPS) is 11.0. The minimum Gasteiger partial charge on any atom is -0.347 e. The predicted molar refractivity (Wildman–Crippen MR) is 65.4 cm³/mol. The average Bonchev–Trinajstić information content (AvgIpc) is 2.41. The second-order valence-electron chi connectivity index (χ2n) is 3.88. The van der Waals surface area contributed by atoms with Gasteiger partial charge in [0.2, 0.25) is 0 Å². The molecule has 0 atom stereocenters. The van der Waals surface area contributed by atoms with E-state index < -0.39 is 23.6 Å². The molecule has 5 nitrogen and oxygen atoms in total. The van der Waals surface area contributed by atoms with Gasteiger partial charge >= 0.3 is 18.0 Å². The number of amides is 2. The largest absolute Gasteiger partial charge is 0.416 e. The van der Waals surface area contributed by atoms with E-state index >= 15 is 0 Å². The van der Waals surface area contributed by atoms with Crippen molar-refractivity contribution in [3.05, 3.63) is 35.4 Å². The van der Waals surface area contributed by atoms with Gasteiger partial charge in [-0.3, -0.25) is 9.59 Å². The molecule has 2 amide bonds. The third-order valence-electron chi connectivity index (χ3n) is 2.40. The maximum Gasteiger partial charge on any atom is 0.416 e. The van der Waals surface area contributed by atoms with Crippen molar-refractivity contribution in [2.75, 3.05) is 13.1 Å². The van der Waals surface area contributed by atoms with E-state index in [0.717, 1.165) is 6.07 Å². The van der Waals surface area contributed by atoms with Crippen molar-refractivity contribution >= 4 is 11.8 Å². The van der Waals surface area contributed by atoms with Crippen LogP contribution in [0, 0.1) is 0 Å². The van der Waals surface area contributed by atoms with Gasteiger partial charge in [-0.05, 0) is 11.6 Å². The number of rotatable bonds is 4. The first-order valence-corrected chi connectivity index (χ1v) is 5.77. The predicted octanol–water partition coefficient (Wildman–Crippen LogP) is 0.397. The van der Waals surface area contributed by atoms with Crippen LogP contribution in [0.1, 0.15) is 11.1 Å². The van der Waals surface area contributed by atoms with E-state index in [9.17, 15) is 22.8 Å². The van der Waals surface area contributed by atoms with Crippen LogP contribution in [0.3, 0.4) is 0 Å². The summed E-state index contributed by atoms with van der Waals surface area (Å²) in [6, 6.07) is 4.82. The summed E-state index contributed by atoms with van der Waals surface area (Å²) in [5, 5.41) is 4.34. The fourth-order valence-electron chi connectivity index (χ4n) is 1.47. The molecular weight excluding hydrogens is 275 g/mol. The van der Waals surface area contributed by atoms with Crippen molar-refractivity contribution in [1.82, 2.24) is 10.6 Å². The van der Waals surface area contributed by atoms with Crippen molar-refractivity contribution in [3.63, 3.8) is 0 Å². The van der Waals surface area contributed by atoms with Crippen molar-refractivity contribution < 1.29 is 22.8 Å². The molecule has 0 saturated carbocycles. The number of carbonyl (C=O) groups is 2. The lowest BCUT2D eigenvalue weighted by molar-refractivity contribution is -0.140. The van der Waals surface area contributed by atoms with Gasteiger partial charge in [0.1, 0.15) is 0 Å². The molecule has 1 aromatic carbocycles. The maximum absolute atomic E-state index is 12.7. The third kappa shape index (κ3) is 4.54. The highest BCUT2D eigenvalue weighted by Gasteiger charge is 2.32. The molecule has 0 aromatic heterocycles. The van der Waals surface area contributed by atoms with Gasteiger partial charge in [-0.1, -0.05) is 18.2 Å². The summed E-state index contributed by atoms with van der Waals surface area (Å²) in [4.78, 5) is 22.5. The molecule has 0 aliphatic heterocycles. The Morgan fingerprint density at radius 3 is 2.30 bits per heavy atom. The number of hydrogen-bond acceptors (Lipinski definition) is 3. The van der Waals surface area contributed by atoms with Crippen LogP contribution in [-0.4, -0.2) is 24.9 Å². The zero-order chi connectivity index (χ0) is 15.2. The molecule has 0 bridgehead atoms. The van der Waals surface area contributed by atoms with E-state index in [4.69, 9.17) is 5.73 Å². The summed E-state index contributed by atoms with van der Waals surface area (Å²) in [6.45, 7) is -0.105. The van der Waals surface area contributed by atoms with E-state index in [1.165, 1.54) is 18.2 Å². The minimum atomic E-state index is -4.51. The molecule has 0 heterocycles. The number of nitrogens with two attached hydrogens (primary N) is 1. The Hall–Kier alpha value is -2.09. The smallest absolute Gasteiger partial charge is 0.347 e. The maximum atomic E-state index is 12.7. The SMILES string of the molecule is NCCNC(=O)C(=O)NCc1ccccc1C(F)(F)F. The standard InChI is InChI=1S/C12H14F3N3O2/c13-12(14,15)9-4-2-1-3-8(9)7-18-11(20)10(19)17-6-5-16/h1-4H,5-7,16H2,(H,17,19)(H,18,20). The Morgan fingerprint density at radius 1 is 1.10 bits per heavy atom. The highest BCUT2D eigenvalue weighted by atomic mass is 19.4. The molecule has 1 rings (SSSR count). The molecule has 1 aromatic rings. The summed E-state index contributed by atoms with van der Waals surface area (Å²) >= 11 is 0. The molecule has 0 fully saturated rings. The molecule has 8 heteroatoms. The number of hydrogen-bond donors (Lipinski definition) is 3. The van der Waals surface area contributed by atoms with E-state index in [1.807, 2.05) is 0 Å². The fourth-order valence-corrected chi connectivity index (χ4v) is 1.47. The summed E-state index contributed by atoms with van der Waals surface area (Å²) in [7, 11) is 0. The van der Waals surface area contributed by atoms with Crippen LogP contribution in [0.15, 0.2) is 24.3 Å². The van der Waals surface area contributed by atoms with Crippen LogP contribution in [0.5, 0.6) is 0 Å². The molecule has 0 radical (unpaired) electrons. The van der Waals surface area contributed by atoms with Crippen molar-refractivity contribution in [1.29, 1.82) is 0 Å². The molecule has 0 spiro atoms. The Labute approximate surface area is 113 Å². The summed E-state index contributed by atoms with van der Waals surface area (Å²) < 4.78 is 38.1. The third-order valence-corrected chi connectivity index (χ3v) is 2.40. The lowest BCUT2D eigenvalue weighted by Crippen LogP contribution is -2.41. The molecule has 4 N–H and O–H groups in total. The quantitative estimate of drug-likeness (QED) is 0.701. The van der Waals surface area contributed by atoms with Gasteiger partial charge in [-0.25, -0.2) is 0 Å². The number of halogens is 3. The highest BCUT2D eigenvalue weighted by molar-refractivity contribution is 6.35. The first-order chi connectivity index (χ1) is 9.36. The first kappa shape index (κ1) is 16.0. The lowest BCUT2D eigenvalue weighted by atomic mass is 10.1. The van der Waals surface area contributed by atoms with E-state index in [0.29, 0.717) is 0 Å². The summed E-state index contributed by atoms with van der Waals surface area (Å²) in [5.74, 6) is -1.93. The van der Waals surface area contributed by atoms with E-state index in [1.54, 1.807) is 0 Å². The summed E-state index contributed by atoms with van der Waals surface area (Å²) in [6.07, 6.45) is -4.51. The van der Waals surface area contributed by atoms with Crippen LogP contribution in [0.25, 0.3) is 0 Å². The van der Waals surface area contributed by atoms with Crippen molar-refractivity contribution in [3.8, 4) is 0 Å². The van der Waals surface area contributed by atoms with Crippen LogP contribution in [0.4, 0.5) is 13.2 Å². The zero-order valence-corrected chi connectivity index (χ0v) is 10.5. The molecular formula is C12H14F3N3O2. The van der Waals surface area contributed by atoms with Gasteiger partial charge in [-0.15, -0.1) is 0 Å². The number of nitrogens with one attached hydrogen (secondary N) is 2. The van der Waals surface area contributed by atoms with Crippen LogP contribution < -0.4 is 16.4 Å². The van der Waals surface area contributed by atoms with Gasteiger partial charge in [0.05, 0.1) is 5.56 Å². The van der Waals surface area contributed by atoms with Gasteiger partial charge < -0.3 is 16.4 Å². The highest BCUT2D eigenvalue weighted by Crippen LogP contribution is 2.31. The topological polar surface area (TPSA) is 84.2 Å². The second-order valence-corrected chi connectivity index (χ2v) is 3.88. The monoisotopic (exact) mass is 289 g/mol. The van der Waals surface area contributed by atoms with Gasteiger partial charge in [-0.2, -0.15) is 13.2 Å². The van der Waals surface area contributed by atoms with Gasteiger partial charge in [0.25, 0.3) is 0 Å². The summed E-state index contributed by atoms with van der Waals surface area (Å²) in [5.41, 5.74) is 4.18.